The minimum Gasteiger partial charge on any atom is -0.422 e. The van der Waals surface area contributed by atoms with Crippen molar-refractivity contribution in [1.29, 1.82) is 0 Å². The molecule has 0 fully saturated rings. The topological polar surface area (TPSA) is 30.2 Å². The van der Waals surface area contributed by atoms with Crippen molar-refractivity contribution in [3.63, 3.8) is 0 Å². The Labute approximate surface area is 121 Å². The summed E-state index contributed by atoms with van der Waals surface area (Å²) in [6.45, 7) is 0. The summed E-state index contributed by atoms with van der Waals surface area (Å²) >= 11 is 5.84. The second-order valence-electron chi connectivity index (χ2n) is 4.37. The zero-order chi connectivity index (χ0) is 13.9. The smallest absolute Gasteiger partial charge is 0.344 e. The molecule has 0 radical (unpaired) electrons. The second-order valence-corrected chi connectivity index (χ2v) is 4.81. The van der Waals surface area contributed by atoms with Gasteiger partial charge in [0.1, 0.15) is 5.76 Å². The van der Waals surface area contributed by atoms with Crippen LogP contribution < -0.4 is 5.63 Å². The van der Waals surface area contributed by atoms with Gasteiger partial charge in [0.25, 0.3) is 0 Å². The van der Waals surface area contributed by atoms with Crippen LogP contribution in [0.25, 0.3) is 22.5 Å². The number of hydrogen-bond donors (Lipinski definition) is 0. The van der Waals surface area contributed by atoms with Gasteiger partial charge in [-0.15, -0.1) is 0 Å². The van der Waals surface area contributed by atoms with Gasteiger partial charge in [0.2, 0.25) is 0 Å². The van der Waals surface area contributed by atoms with Gasteiger partial charge in [-0.1, -0.05) is 41.9 Å². The molecule has 3 aromatic rings. The SMILES string of the molecule is O=c1oc(-c2ccc(Cl)cc2)ccc1-c1ccccc1. The maximum Gasteiger partial charge on any atom is 0.344 e. The average molecular weight is 283 g/mol. The number of rotatable bonds is 2. The zero-order valence-corrected chi connectivity index (χ0v) is 11.3. The van der Waals surface area contributed by atoms with E-state index in [-0.39, 0.29) is 5.63 Å². The Morgan fingerprint density at radius 3 is 2.10 bits per heavy atom. The van der Waals surface area contributed by atoms with Gasteiger partial charge in [0.15, 0.2) is 0 Å². The molecule has 0 aliphatic heterocycles. The van der Waals surface area contributed by atoms with E-state index in [1.54, 1.807) is 24.3 Å². The van der Waals surface area contributed by atoms with E-state index in [0.29, 0.717) is 16.3 Å². The lowest BCUT2D eigenvalue weighted by Gasteiger charge is -2.03. The lowest BCUT2D eigenvalue weighted by molar-refractivity contribution is 0.528. The fourth-order valence-electron chi connectivity index (χ4n) is 2.02. The number of hydrogen-bond acceptors (Lipinski definition) is 2. The summed E-state index contributed by atoms with van der Waals surface area (Å²) in [5.74, 6) is 0.534. The highest BCUT2D eigenvalue weighted by molar-refractivity contribution is 6.30. The van der Waals surface area contributed by atoms with Crippen molar-refractivity contribution in [3.05, 3.63) is 82.2 Å². The molecule has 0 saturated carbocycles. The van der Waals surface area contributed by atoms with Gasteiger partial charge in [-0.3, -0.25) is 0 Å². The van der Waals surface area contributed by atoms with Crippen LogP contribution in [0.1, 0.15) is 0 Å². The molecule has 0 aliphatic rings. The third kappa shape index (κ3) is 2.51. The monoisotopic (exact) mass is 282 g/mol. The van der Waals surface area contributed by atoms with E-state index in [1.165, 1.54) is 0 Å². The highest BCUT2D eigenvalue weighted by Gasteiger charge is 2.07. The van der Waals surface area contributed by atoms with Gasteiger partial charge in [-0.05, 0) is 42.0 Å². The van der Waals surface area contributed by atoms with Crippen LogP contribution in [0.2, 0.25) is 5.02 Å². The lowest BCUT2D eigenvalue weighted by Crippen LogP contribution is -2.02. The Morgan fingerprint density at radius 1 is 0.750 bits per heavy atom. The molecule has 1 aromatic heterocycles. The van der Waals surface area contributed by atoms with Gasteiger partial charge in [0, 0.05) is 10.6 Å². The largest absolute Gasteiger partial charge is 0.422 e. The molecule has 3 heteroatoms. The van der Waals surface area contributed by atoms with E-state index >= 15 is 0 Å². The molecule has 0 amide bonds. The first-order valence-electron chi connectivity index (χ1n) is 6.19. The van der Waals surface area contributed by atoms with Crippen molar-refractivity contribution >= 4 is 11.6 Å². The molecule has 2 nitrogen and oxygen atoms in total. The van der Waals surface area contributed by atoms with Gasteiger partial charge >= 0.3 is 5.63 Å². The van der Waals surface area contributed by atoms with Crippen LogP contribution in [0.3, 0.4) is 0 Å². The first-order chi connectivity index (χ1) is 9.74. The quantitative estimate of drug-likeness (QED) is 0.686. The van der Waals surface area contributed by atoms with Crippen molar-refractivity contribution in [3.8, 4) is 22.5 Å². The van der Waals surface area contributed by atoms with Crippen LogP contribution in [-0.2, 0) is 0 Å². The molecule has 20 heavy (non-hydrogen) atoms. The summed E-state index contributed by atoms with van der Waals surface area (Å²) in [6, 6.07) is 20.2. The minimum atomic E-state index is -0.344. The molecular weight excluding hydrogens is 272 g/mol. The molecule has 2 aromatic carbocycles. The molecule has 1 heterocycles. The zero-order valence-electron chi connectivity index (χ0n) is 10.5. The summed E-state index contributed by atoms with van der Waals surface area (Å²) in [7, 11) is 0. The predicted molar refractivity (Wildman–Crippen MR) is 80.9 cm³/mol. The van der Waals surface area contributed by atoms with Gasteiger partial charge in [-0.2, -0.15) is 0 Å². The highest BCUT2D eigenvalue weighted by atomic mass is 35.5. The van der Waals surface area contributed by atoms with E-state index in [0.717, 1.165) is 11.1 Å². The first kappa shape index (κ1) is 12.7. The maximum absolute atomic E-state index is 12.1. The molecule has 98 valence electrons. The van der Waals surface area contributed by atoms with Crippen molar-refractivity contribution < 1.29 is 4.42 Å². The van der Waals surface area contributed by atoms with Crippen LogP contribution in [-0.4, -0.2) is 0 Å². The first-order valence-corrected chi connectivity index (χ1v) is 6.57. The summed E-state index contributed by atoms with van der Waals surface area (Å²) < 4.78 is 5.39. The van der Waals surface area contributed by atoms with E-state index in [9.17, 15) is 4.79 Å². The Morgan fingerprint density at radius 2 is 1.45 bits per heavy atom. The Bertz CT molecular complexity index is 774. The summed E-state index contributed by atoms with van der Waals surface area (Å²) in [5.41, 5.74) is 1.89. The van der Waals surface area contributed by atoms with Gasteiger partial charge in [-0.25, -0.2) is 4.79 Å². The van der Waals surface area contributed by atoms with Crippen LogP contribution in [0, 0.1) is 0 Å². The molecule has 0 atom stereocenters. The molecular formula is C17H11ClO2. The van der Waals surface area contributed by atoms with E-state index < -0.39 is 0 Å². The van der Waals surface area contributed by atoms with E-state index in [4.69, 9.17) is 16.0 Å². The molecule has 3 rings (SSSR count). The summed E-state index contributed by atoms with van der Waals surface area (Å²) in [5, 5.41) is 0.650. The standard InChI is InChI=1S/C17H11ClO2/c18-14-8-6-13(7-9-14)16-11-10-15(17(19)20-16)12-4-2-1-3-5-12/h1-11H. The molecule has 0 spiro atoms. The number of halogens is 1. The van der Waals surface area contributed by atoms with Crippen molar-refractivity contribution in [2.75, 3.05) is 0 Å². The molecule has 0 bridgehead atoms. The third-order valence-corrected chi connectivity index (χ3v) is 3.29. The van der Waals surface area contributed by atoms with Crippen LogP contribution in [0.4, 0.5) is 0 Å². The summed E-state index contributed by atoms with van der Waals surface area (Å²) in [6.07, 6.45) is 0. The Balaban J connectivity index is 2.04. The molecule has 0 N–H and O–H groups in total. The van der Waals surface area contributed by atoms with E-state index in [2.05, 4.69) is 0 Å². The fraction of sp³-hybridized carbons (Fsp3) is 0. The van der Waals surface area contributed by atoms with Crippen LogP contribution >= 0.6 is 11.6 Å². The Hall–Kier alpha value is -2.32. The van der Waals surface area contributed by atoms with E-state index in [1.807, 2.05) is 42.5 Å². The second kappa shape index (κ2) is 5.35. The molecule has 0 saturated heterocycles. The average Bonchev–Trinajstić information content (AvgIpc) is 2.49. The minimum absolute atomic E-state index is 0.344. The van der Waals surface area contributed by atoms with Crippen molar-refractivity contribution in [1.82, 2.24) is 0 Å². The lowest BCUT2D eigenvalue weighted by atomic mass is 10.1. The molecule has 0 aliphatic carbocycles. The molecule has 0 unspecified atom stereocenters. The van der Waals surface area contributed by atoms with Crippen molar-refractivity contribution in [2.45, 2.75) is 0 Å². The Kier molecular flexibility index (Phi) is 3.40. The predicted octanol–water partition coefficient (Wildman–Crippen LogP) is 4.63. The van der Waals surface area contributed by atoms with Gasteiger partial charge in [0.05, 0.1) is 5.56 Å². The maximum atomic E-state index is 12.1. The third-order valence-electron chi connectivity index (χ3n) is 3.04. The fourth-order valence-corrected chi connectivity index (χ4v) is 2.14. The number of benzene rings is 2. The van der Waals surface area contributed by atoms with Gasteiger partial charge < -0.3 is 4.42 Å². The van der Waals surface area contributed by atoms with Crippen LogP contribution in [0.15, 0.2) is 75.9 Å². The summed E-state index contributed by atoms with van der Waals surface area (Å²) in [4.78, 5) is 12.1. The highest BCUT2D eigenvalue weighted by Crippen LogP contribution is 2.22. The van der Waals surface area contributed by atoms with Crippen LogP contribution in [0.5, 0.6) is 0 Å². The normalized spacial score (nSPS) is 10.4. The van der Waals surface area contributed by atoms with Crippen molar-refractivity contribution in [2.24, 2.45) is 0 Å².